The molecule has 0 spiro atoms. The average molecular weight is 391 g/mol. The summed E-state index contributed by atoms with van der Waals surface area (Å²) in [5.41, 5.74) is 1.16. The van der Waals surface area contributed by atoms with E-state index in [1.807, 2.05) is 18.2 Å². The molecule has 28 heavy (non-hydrogen) atoms. The van der Waals surface area contributed by atoms with E-state index in [4.69, 9.17) is 9.47 Å². The van der Waals surface area contributed by atoms with Crippen molar-refractivity contribution in [3.8, 4) is 11.5 Å². The van der Waals surface area contributed by atoms with Gasteiger partial charge in [0.2, 0.25) is 5.91 Å². The molecule has 2 aliphatic rings. The second-order valence-electron chi connectivity index (χ2n) is 7.74. The molecule has 1 fully saturated rings. The van der Waals surface area contributed by atoms with Crippen LogP contribution >= 0.6 is 0 Å². The van der Waals surface area contributed by atoms with Gasteiger partial charge in [0.25, 0.3) is 0 Å². The standard InChI is InChI=1S/C18H27NO3.C5H11N/c1-2-3-4-5-6-7-18(20)19-11-10-15-8-9-16-17(14-15)22-13-12-21-16;1-5-3-2-4-6-5/h8-9,14H,2-7,10-13H2,1H3,(H,19,20);5-6H,2-4H2,1H3. The topological polar surface area (TPSA) is 59.6 Å². The van der Waals surface area contributed by atoms with Crippen molar-refractivity contribution in [1.29, 1.82) is 0 Å². The van der Waals surface area contributed by atoms with Crippen LogP contribution in [0.25, 0.3) is 0 Å². The number of carbonyl (C=O) groups excluding carboxylic acids is 1. The van der Waals surface area contributed by atoms with Gasteiger partial charge in [-0.15, -0.1) is 0 Å². The molecule has 1 atom stereocenters. The summed E-state index contributed by atoms with van der Waals surface area (Å²) < 4.78 is 11.1. The molecule has 1 aromatic carbocycles. The molecule has 0 saturated carbocycles. The van der Waals surface area contributed by atoms with Gasteiger partial charge in [0.15, 0.2) is 11.5 Å². The fourth-order valence-corrected chi connectivity index (χ4v) is 3.43. The number of fused-ring (bicyclic) bond motifs is 1. The highest BCUT2D eigenvalue weighted by atomic mass is 16.6. The van der Waals surface area contributed by atoms with E-state index in [2.05, 4.69) is 24.5 Å². The summed E-state index contributed by atoms with van der Waals surface area (Å²) in [6, 6.07) is 6.78. The minimum atomic E-state index is 0.161. The molecule has 158 valence electrons. The van der Waals surface area contributed by atoms with E-state index in [9.17, 15) is 4.79 Å². The Kier molecular flexibility index (Phi) is 10.8. The van der Waals surface area contributed by atoms with Crippen molar-refractivity contribution in [2.24, 2.45) is 0 Å². The third-order valence-electron chi connectivity index (χ3n) is 5.16. The van der Waals surface area contributed by atoms with Gasteiger partial charge in [0.1, 0.15) is 13.2 Å². The molecule has 2 N–H and O–H groups in total. The molecule has 5 heteroatoms. The highest BCUT2D eigenvalue weighted by molar-refractivity contribution is 5.75. The number of nitrogens with one attached hydrogen (secondary N) is 2. The fourth-order valence-electron chi connectivity index (χ4n) is 3.43. The van der Waals surface area contributed by atoms with Crippen LogP contribution in [0.3, 0.4) is 0 Å². The Labute approximate surface area is 170 Å². The number of hydrogen-bond donors (Lipinski definition) is 2. The lowest BCUT2D eigenvalue weighted by Crippen LogP contribution is -2.25. The van der Waals surface area contributed by atoms with E-state index >= 15 is 0 Å². The quantitative estimate of drug-likeness (QED) is 0.619. The lowest BCUT2D eigenvalue weighted by Gasteiger charge is -2.18. The van der Waals surface area contributed by atoms with Crippen molar-refractivity contribution in [2.75, 3.05) is 26.3 Å². The minimum Gasteiger partial charge on any atom is -0.486 e. The van der Waals surface area contributed by atoms with Crippen LogP contribution in [-0.4, -0.2) is 38.3 Å². The van der Waals surface area contributed by atoms with Crippen molar-refractivity contribution in [3.05, 3.63) is 23.8 Å². The zero-order valence-electron chi connectivity index (χ0n) is 17.7. The zero-order chi connectivity index (χ0) is 20.0. The molecule has 2 heterocycles. The van der Waals surface area contributed by atoms with Crippen LogP contribution in [0.1, 0.15) is 70.8 Å². The van der Waals surface area contributed by atoms with Gasteiger partial charge in [0, 0.05) is 19.0 Å². The predicted molar refractivity (Wildman–Crippen MR) is 114 cm³/mol. The van der Waals surface area contributed by atoms with Crippen molar-refractivity contribution in [3.63, 3.8) is 0 Å². The predicted octanol–water partition coefficient (Wildman–Crippen LogP) is 4.24. The lowest BCUT2D eigenvalue weighted by molar-refractivity contribution is -0.121. The number of carbonyl (C=O) groups is 1. The molecule has 1 amide bonds. The number of rotatable bonds is 9. The van der Waals surface area contributed by atoms with Crippen LogP contribution in [0.5, 0.6) is 11.5 Å². The van der Waals surface area contributed by atoms with Gasteiger partial charge in [-0.2, -0.15) is 0 Å². The van der Waals surface area contributed by atoms with E-state index in [0.29, 0.717) is 26.2 Å². The van der Waals surface area contributed by atoms with Crippen LogP contribution in [0.15, 0.2) is 18.2 Å². The second-order valence-corrected chi connectivity index (χ2v) is 7.74. The number of unbranched alkanes of at least 4 members (excludes halogenated alkanes) is 4. The Balaban J connectivity index is 0.000000397. The summed E-state index contributed by atoms with van der Waals surface area (Å²) in [6.45, 7) is 7.55. The molecule has 1 aromatic rings. The van der Waals surface area contributed by atoms with E-state index in [-0.39, 0.29) is 5.91 Å². The first-order valence-electron chi connectivity index (χ1n) is 11.1. The number of ether oxygens (including phenoxy) is 2. The van der Waals surface area contributed by atoms with Gasteiger partial charge in [-0.05, 0) is 56.8 Å². The van der Waals surface area contributed by atoms with Gasteiger partial charge in [-0.1, -0.05) is 38.7 Å². The number of benzene rings is 1. The van der Waals surface area contributed by atoms with Crippen molar-refractivity contribution >= 4 is 5.91 Å². The third kappa shape index (κ3) is 8.96. The Morgan fingerprint density at radius 2 is 1.93 bits per heavy atom. The second kappa shape index (κ2) is 13.4. The first-order valence-corrected chi connectivity index (χ1v) is 11.1. The molecule has 5 nitrogen and oxygen atoms in total. The molecule has 0 radical (unpaired) electrons. The molecule has 3 rings (SSSR count). The number of amides is 1. The Bertz CT molecular complexity index is 571. The summed E-state index contributed by atoms with van der Waals surface area (Å²) in [4.78, 5) is 11.7. The average Bonchev–Trinajstić information content (AvgIpc) is 3.19. The summed E-state index contributed by atoms with van der Waals surface area (Å²) in [7, 11) is 0. The summed E-state index contributed by atoms with van der Waals surface area (Å²) in [5.74, 6) is 1.78. The molecule has 0 bridgehead atoms. The minimum absolute atomic E-state index is 0.161. The van der Waals surface area contributed by atoms with Gasteiger partial charge in [-0.3, -0.25) is 4.79 Å². The molecule has 0 aliphatic carbocycles. The molecule has 1 saturated heterocycles. The molecular formula is C23H38N2O3. The number of hydrogen-bond acceptors (Lipinski definition) is 4. The van der Waals surface area contributed by atoms with Crippen molar-refractivity contribution < 1.29 is 14.3 Å². The van der Waals surface area contributed by atoms with E-state index in [0.717, 1.165) is 42.4 Å². The molecule has 0 aromatic heterocycles. The lowest BCUT2D eigenvalue weighted by atomic mass is 10.1. The van der Waals surface area contributed by atoms with Gasteiger partial charge in [0.05, 0.1) is 0 Å². The monoisotopic (exact) mass is 390 g/mol. The van der Waals surface area contributed by atoms with Gasteiger partial charge in [-0.25, -0.2) is 0 Å². The van der Waals surface area contributed by atoms with Gasteiger partial charge >= 0.3 is 0 Å². The summed E-state index contributed by atoms with van der Waals surface area (Å²) in [5, 5.41) is 6.31. The molecule has 2 aliphatic heterocycles. The Morgan fingerprint density at radius 1 is 1.14 bits per heavy atom. The Hall–Kier alpha value is -1.75. The van der Waals surface area contributed by atoms with Crippen LogP contribution in [0.2, 0.25) is 0 Å². The normalized spacial score (nSPS) is 17.6. The zero-order valence-corrected chi connectivity index (χ0v) is 17.7. The highest BCUT2D eigenvalue weighted by Gasteiger charge is 2.11. The molecular weight excluding hydrogens is 352 g/mol. The maximum atomic E-state index is 11.7. The van der Waals surface area contributed by atoms with Gasteiger partial charge < -0.3 is 20.1 Å². The van der Waals surface area contributed by atoms with E-state index in [1.54, 1.807) is 0 Å². The van der Waals surface area contributed by atoms with Crippen LogP contribution < -0.4 is 20.1 Å². The van der Waals surface area contributed by atoms with E-state index in [1.165, 1.54) is 38.6 Å². The maximum Gasteiger partial charge on any atom is 0.220 e. The van der Waals surface area contributed by atoms with Crippen molar-refractivity contribution in [1.82, 2.24) is 10.6 Å². The highest BCUT2D eigenvalue weighted by Crippen LogP contribution is 2.30. The maximum absolute atomic E-state index is 11.7. The smallest absolute Gasteiger partial charge is 0.220 e. The van der Waals surface area contributed by atoms with Crippen LogP contribution in [0.4, 0.5) is 0 Å². The SMILES string of the molecule is CC1CCCN1.CCCCCCCC(=O)NCCc1ccc2c(c1)OCCO2. The first-order chi connectivity index (χ1) is 13.7. The van der Waals surface area contributed by atoms with Crippen LogP contribution in [-0.2, 0) is 11.2 Å². The molecule has 1 unspecified atom stereocenters. The Morgan fingerprint density at radius 3 is 2.61 bits per heavy atom. The third-order valence-corrected chi connectivity index (χ3v) is 5.16. The largest absolute Gasteiger partial charge is 0.486 e. The first kappa shape index (κ1) is 22.5. The summed E-state index contributed by atoms with van der Waals surface area (Å²) in [6.07, 6.45) is 10.1. The van der Waals surface area contributed by atoms with E-state index < -0.39 is 0 Å². The summed E-state index contributed by atoms with van der Waals surface area (Å²) >= 11 is 0. The van der Waals surface area contributed by atoms with Crippen LogP contribution in [0, 0.1) is 0 Å². The van der Waals surface area contributed by atoms with Crippen molar-refractivity contribution in [2.45, 2.75) is 77.7 Å². The fraction of sp³-hybridized carbons (Fsp3) is 0.696.